The molecule has 0 unspecified atom stereocenters. The maximum Gasteiger partial charge on any atom is 0.338 e. The summed E-state index contributed by atoms with van der Waals surface area (Å²) >= 11 is 0. The first-order chi connectivity index (χ1) is 13.1. The van der Waals surface area contributed by atoms with Crippen molar-refractivity contribution in [2.75, 3.05) is 11.9 Å². The number of carbonyl (C=O) groups excluding carboxylic acids is 2. The minimum absolute atomic E-state index is 0.0458. The number of aryl methyl sites for hydroxylation is 1. The van der Waals surface area contributed by atoms with Crippen LogP contribution in [0.1, 0.15) is 35.3 Å². The maximum absolute atomic E-state index is 12.2. The van der Waals surface area contributed by atoms with E-state index >= 15 is 0 Å². The van der Waals surface area contributed by atoms with E-state index in [1.807, 2.05) is 26.0 Å². The van der Waals surface area contributed by atoms with Crippen LogP contribution in [0.4, 0.5) is 5.69 Å². The quantitative estimate of drug-likeness (QED) is 0.691. The van der Waals surface area contributed by atoms with Gasteiger partial charge in [-0.3, -0.25) is 4.79 Å². The van der Waals surface area contributed by atoms with Crippen molar-refractivity contribution >= 4 is 27.6 Å². The number of carbonyl (C=O) groups is 2. The number of anilines is 1. The number of esters is 1. The largest absolute Gasteiger partial charge is 0.452 e. The molecule has 0 spiro atoms. The van der Waals surface area contributed by atoms with E-state index in [2.05, 4.69) is 10.0 Å². The number of hydrogen-bond acceptors (Lipinski definition) is 5. The van der Waals surface area contributed by atoms with Gasteiger partial charge in [-0.05, 0) is 63.1 Å². The Hall–Kier alpha value is -2.71. The van der Waals surface area contributed by atoms with Gasteiger partial charge in [0, 0.05) is 11.7 Å². The van der Waals surface area contributed by atoms with E-state index in [1.165, 1.54) is 24.3 Å². The van der Waals surface area contributed by atoms with Gasteiger partial charge in [0.05, 0.1) is 10.5 Å². The Balaban J connectivity index is 2.02. The molecule has 1 amide bonds. The van der Waals surface area contributed by atoms with Gasteiger partial charge in [0.1, 0.15) is 0 Å². The predicted molar refractivity (Wildman–Crippen MR) is 107 cm³/mol. The highest BCUT2D eigenvalue weighted by Gasteiger charge is 2.18. The van der Waals surface area contributed by atoms with E-state index in [4.69, 9.17) is 4.74 Å². The Bertz CT molecular complexity index is 984. The molecule has 0 aliphatic heterocycles. The molecule has 0 aromatic heterocycles. The van der Waals surface area contributed by atoms with Crippen molar-refractivity contribution in [3.05, 3.63) is 59.2 Å². The van der Waals surface area contributed by atoms with Gasteiger partial charge in [0.15, 0.2) is 6.61 Å². The zero-order chi connectivity index (χ0) is 20.9. The van der Waals surface area contributed by atoms with Crippen LogP contribution in [0, 0.1) is 13.8 Å². The monoisotopic (exact) mass is 404 g/mol. The first-order valence-corrected chi connectivity index (χ1v) is 10.2. The van der Waals surface area contributed by atoms with E-state index in [-0.39, 0.29) is 16.5 Å². The van der Waals surface area contributed by atoms with Gasteiger partial charge in [0.2, 0.25) is 10.0 Å². The molecule has 0 heterocycles. The summed E-state index contributed by atoms with van der Waals surface area (Å²) in [5.41, 5.74) is 2.65. The van der Waals surface area contributed by atoms with E-state index in [0.717, 1.165) is 11.1 Å². The smallest absolute Gasteiger partial charge is 0.338 e. The van der Waals surface area contributed by atoms with Gasteiger partial charge >= 0.3 is 5.97 Å². The zero-order valence-corrected chi connectivity index (χ0v) is 17.1. The number of rotatable bonds is 7. The van der Waals surface area contributed by atoms with Crippen LogP contribution >= 0.6 is 0 Å². The van der Waals surface area contributed by atoms with Crippen molar-refractivity contribution in [2.24, 2.45) is 0 Å². The molecule has 8 heteroatoms. The second kappa shape index (κ2) is 8.99. The van der Waals surface area contributed by atoms with Gasteiger partial charge < -0.3 is 10.1 Å². The third kappa shape index (κ3) is 5.64. The molecule has 0 aliphatic carbocycles. The molecule has 2 aromatic carbocycles. The van der Waals surface area contributed by atoms with Gasteiger partial charge in [-0.2, -0.15) is 0 Å². The Labute approximate surface area is 165 Å². The number of benzene rings is 2. The highest BCUT2D eigenvalue weighted by molar-refractivity contribution is 7.89. The fourth-order valence-electron chi connectivity index (χ4n) is 2.46. The standard InChI is InChI=1S/C20H24N2O5S/c1-13(2)22-28(25,26)17-9-6-8-16(11-17)20(24)27-12-19(23)21-18-10-5-7-14(3)15(18)4/h5-11,13,22H,12H2,1-4H3,(H,21,23). The number of amides is 1. The van der Waals surface area contributed by atoms with Crippen molar-refractivity contribution in [3.8, 4) is 0 Å². The summed E-state index contributed by atoms with van der Waals surface area (Å²) in [5, 5.41) is 2.69. The summed E-state index contributed by atoms with van der Waals surface area (Å²) < 4.78 is 31.9. The molecule has 0 saturated carbocycles. The van der Waals surface area contributed by atoms with Crippen molar-refractivity contribution in [1.82, 2.24) is 4.72 Å². The first-order valence-electron chi connectivity index (χ1n) is 8.75. The van der Waals surface area contributed by atoms with Crippen LogP contribution in [0.25, 0.3) is 0 Å². The summed E-state index contributed by atoms with van der Waals surface area (Å²) in [6.07, 6.45) is 0. The maximum atomic E-state index is 12.2. The molecule has 0 atom stereocenters. The number of nitrogens with one attached hydrogen (secondary N) is 2. The van der Waals surface area contributed by atoms with Crippen LogP contribution in [0.5, 0.6) is 0 Å². The topological polar surface area (TPSA) is 102 Å². The second-order valence-electron chi connectivity index (χ2n) is 6.68. The molecule has 2 N–H and O–H groups in total. The molecule has 2 rings (SSSR count). The van der Waals surface area contributed by atoms with Crippen LogP contribution in [0.15, 0.2) is 47.4 Å². The van der Waals surface area contributed by atoms with E-state index in [0.29, 0.717) is 5.69 Å². The summed E-state index contributed by atoms with van der Waals surface area (Å²) in [5.74, 6) is -1.26. The minimum atomic E-state index is -3.73. The summed E-state index contributed by atoms with van der Waals surface area (Å²) in [7, 11) is -3.73. The number of hydrogen-bond donors (Lipinski definition) is 2. The Morgan fingerprint density at radius 2 is 1.75 bits per heavy atom. The number of ether oxygens (including phenoxy) is 1. The van der Waals surface area contributed by atoms with Gasteiger partial charge in [0.25, 0.3) is 5.91 Å². The molecule has 0 radical (unpaired) electrons. The highest BCUT2D eigenvalue weighted by Crippen LogP contribution is 2.18. The average molecular weight is 404 g/mol. The van der Waals surface area contributed by atoms with Gasteiger partial charge in [-0.25, -0.2) is 17.9 Å². The highest BCUT2D eigenvalue weighted by atomic mass is 32.2. The fourth-order valence-corrected chi connectivity index (χ4v) is 3.75. The van der Waals surface area contributed by atoms with Crippen molar-refractivity contribution < 1.29 is 22.7 Å². The van der Waals surface area contributed by atoms with Crippen molar-refractivity contribution in [3.63, 3.8) is 0 Å². The molecule has 0 aliphatic rings. The van der Waals surface area contributed by atoms with E-state index < -0.39 is 28.5 Å². The Morgan fingerprint density at radius 1 is 1.07 bits per heavy atom. The van der Waals surface area contributed by atoms with E-state index in [9.17, 15) is 18.0 Å². The zero-order valence-electron chi connectivity index (χ0n) is 16.3. The third-order valence-electron chi connectivity index (χ3n) is 3.98. The lowest BCUT2D eigenvalue weighted by Crippen LogP contribution is -2.30. The summed E-state index contributed by atoms with van der Waals surface area (Å²) in [6.45, 7) is 6.73. The molecule has 2 aromatic rings. The van der Waals surface area contributed by atoms with E-state index in [1.54, 1.807) is 19.9 Å². The second-order valence-corrected chi connectivity index (χ2v) is 8.39. The number of sulfonamides is 1. The van der Waals surface area contributed by atoms with Crippen LogP contribution in [0.2, 0.25) is 0 Å². The molecular formula is C20H24N2O5S. The molecule has 7 nitrogen and oxygen atoms in total. The first kappa shape index (κ1) is 21.6. The lowest BCUT2D eigenvalue weighted by molar-refractivity contribution is -0.119. The van der Waals surface area contributed by atoms with Crippen molar-refractivity contribution in [2.45, 2.75) is 38.6 Å². The lowest BCUT2D eigenvalue weighted by Gasteiger charge is -2.12. The average Bonchev–Trinajstić information content (AvgIpc) is 2.62. The normalized spacial score (nSPS) is 11.3. The molecule has 0 bridgehead atoms. The molecule has 150 valence electrons. The molecular weight excluding hydrogens is 380 g/mol. The van der Waals surface area contributed by atoms with Crippen LogP contribution < -0.4 is 10.0 Å². The van der Waals surface area contributed by atoms with Crippen molar-refractivity contribution in [1.29, 1.82) is 0 Å². The summed E-state index contributed by atoms with van der Waals surface area (Å²) in [4.78, 5) is 24.2. The van der Waals surface area contributed by atoms with Crippen LogP contribution in [-0.4, -0.2) is 32.9 Å². The molecule has 0 fully saturated rings. The van der Waals surface area contributed by atoms with Gasteiger partial charge in [-0.1, -0.05) is 18.2 Å². The SMILES string of the molecule is Cc1cccc(NC(=O)COC(=O)c2cccc(S(=O)(=O)NC(C)C)c2)c1C. The van der Waals surface area contributed by atoms with Gasteiger partial charge in [-0.15, -0.1) is 0 Å². The lowest BCUT2D eigenvalue weighted by atomic mass is 10.1. The minimum Gasteiger partial charge on any atom is -0.452 e. The molecule has 28 heavy (non-hydrogen) atoms. The Morgan fingerprint density at radius 3 is 2.43 bits per heavy atom. The Kier molecular flexibility index (Phi) is 6.93. The fraction of sp³-hybridized carbons (Fsp3) is 0.300. The van der Waals surface area contributed by atoms with Crippen LogP contribution in [-0.2, 0) is 19.6 Å². The predicted octanol–water partition coefficient (Wildman–Crippen LogP) is 2.79. The third-order valence-corrected chi connectivity index (χ3v) is 5.64. The van der Waals surface area contributed by atoms with Crippen LogP contribution in [0.3, 0.4) is 0 Å². The molecule has 0 saturated heterocycles. The summed E-state index contributed by atoms with van der Waals surface area (Å²) in [6, 6.07) is 10.7.